The van der Waals surface area contributed by atoms with Gasteiger partial charge < -0.3 is 9.84 Å². The Morgan fingerprint density at radius 2 is 1.66 bits per heavy atom. The molecule has 0 bridgehead atoms. The molecular weight excluding hydrogens is 454 g/mol. The summed E-state index contributed by atoms with van der Waals surface area (Å²) in [5.74, 6) is -0.332. The Kier molecular flexibility index (Phi) is 6.51. The van der Waals surface area contributed by atoms with Gasteiger partial charge in [0.1, 0.15) is 5.75 Å². The zero-order valence-corrected chi connectivity index (χ0v) is 20.6. The molecular formula is C30H27NO3S. The summed E-state index contributed by atoms with van der Waals surface area (Å²) in [6, 6.07) is 25.8. The molecule has 4 nitrogen and oxygen atoms in total. The number of fused-ring (bicyclic) bond motifs is 2. The number of carbonyl (C=O) groups is 1. The highest BCUT2D eigenvalue weighted by molar-refractivity contribution is 7.22. The molecule has 0 unspecified atom stereocenters. The van der Waals surface area contributed by atoms with Gasteiger partial charge in [0.05, 0.1) is 33.1 Å². The van der Waals surface area contributed by atoms with Gasteiger partial charge in [-0.25, -0.2) is 9.78 Å². The number of aryl methyl sites for hydroxylation is 2. The summed E-state index contributed by atoms with van der Waals surface area (Å²) >= 11 is 1.65. The Morgan fingerprint density at radius 1 is 0.971 bits per heavy atom. The Hall–Kier alpha value is -3.70. The highest BCUT2D eigenvalue weighted by Crippen LogP contribution is 2.40. The minimum absolute atomic E-state index is 0.173. The van der Waals surface area contributed by atoms with Gasteiger partial charge in [-0.15, -0.1) is 11.3 Å². The number of hydrogen-bond acceptors (Lipinski definition) is 4. The van der Waals surface area contributed by atoms with Gasteiger partial charge in [0.15, 0.2) is 0 Å². The number of aromatic carboxylic acids is 1. The molecule has 0 saturated heterocycles. The fourth-order valence-corrected chi connectivity index (χ4v) is 5.47. The third-order valence-electron chi connectivity index (χ3n) is 6.44. The van der Waals surface area contributed by atoms with Crippen molar-refractivity contribution < 1.29 is 14.6 Å². The molecule has 0 amide bonds. The first kappa shape index (κ1) is 23.1. The predicted molar refractivity (Wildman–Crippen MR) is 144 cm³/mol. The van der Waals surface area contributed by atoms with E-state index in [0.29, 0.717) is 22.3 Å². The molecule has 0 spiro atoms. The molecule has 176 valence electrons. The maximum absolute atomic E-state index is 12.2. The van der Waals surface area contributed by atoms with Crippen molar-refractivity contribution in [1.82, 2.24) is 4.98 Å². The molecule has 1 saturated carbocycles. The highest BCUT2D eigenvalue weighted by Gasteiger charge is 2.24. The van der Waals surface area contributed by atoms with Crippen molar-refractivity contribution in [3.63, 3.8) is 0 Å². The summed E-state index contributed by atoms with van der Waals surface area (Å²) in [5.41, 5.74) is 3.74. The maximum atomic E-state index is 12.2. The van der Waals surface area contributed by atoms with Crippen LogP contribution in [0.15, 0.2) is 78.9 Å². The van der Waals surface area contributed by atoms with E-state index in [-0.39, 0.29) is 11.7 Å². The zero-order valence-electron chi connectivity index (χ0n) is 19.8. The Morgan fingerprint density at radius 3 is 2.26 bits per heavy atom. The monoisotopic (exact) mass is 481 g/mol. The normalized spacial score (nSPS) is 13.2. The largest absolute Gasteiger partial charge is 0.490 e. The Labute approximate surface area is 208 Å². The van der Waals surface area contributed by atoms with Gasteiger partial charge in [-0.3, -0.25) is 0 Å². The SMILES string of the molecule is Cc1c(-c2cc(C(=O)O)c3c(OC4CCC4)ccc(C)c3n2)sc2ccccc12.c1ccccc1. The van der Waals surface area contributed by atoms with Crippen LogP contribution >= 0.6 is 11.3 Å². The molecule has 2 aromatic heterocycles. The number of carboxylic acids is 1. The summed E-state index contributed by atoms with van der Waals surface area (Å²) in [6.45, 7) is 4.04. The quantitative estimate of drug-likeness (QED) is 0.282. The van der Waals surface area contributed by atoms with Gasteiger partial charge in [0.2, 0.25) is 0 Å². The van der Waals surface area contributed by atoms with Crippen LogP contribution in [0.25, 0.3) is 31.6 Å². The van der Waals surface area contributed by atoms with Crippen LogP contribution in [-0.4, -0.2) is 22.2 Å². The van der Waals surface area contributed by atoms with Crippen molar-refractivity contribution >= 4 is 38.3 Å². The van der Waals surface area contributed by atoms with Gasteiger partial charge >= 0.3 is 5.97 Å². The van der Waals surface area contributed by atoms with Crippen LogP contribution in [0.3, 0.4) is 0 Å². The fourth-order valence-electron chi connectivity index (χ4n) is 4.30. The summed E-state index contributed by atoms with van der Waals surface area (Å²) in [7, 11) is 0. The minimum atomic E-state index is -0.957. The molecule has 35 heavy (non-hydrogen) atoms. The van der Waals surface area contributed by atoms with Gasteiger partial charge in [-0.1, -0.05) is 60.7 Å². The van der Waals surface area contributed by atoms with Crippen molar-refractivity contribution in [3.05, 3.63) is 95.6 Å². The number of hydrogen-bond donors (Lipinski definition) is 1. The van der Waals surface area contributed by atoms with Crippen LogP contribution in [0.4, 0.5) is 0 Å². The van der Waals surface area contributed by atoms with E-state index in [1.165, 1.54) is 10.1 Å². The molecule has 6 rings (SSSR count). The minimum Gasteiger partial charge on any atom is -0.490 e. The topological polar surface area (TPSA) is 59.4 Å². The van der Waals surface area contributed by atoms with Crippen LogP contribution in [-0.2, 0) is 0 Å². The number of aromatic nitrogens is 1. The van der Waals surface area contributed by atoms with E-state index >= 15 is 0 Å². The van der Waals surface area contributed by atoms with Crippen LogP contribution in [0, 0.1) is 13.8 Å². The number of ether oxygens (including phenoxy) is 1. The second kappa shape index (κ2) is 9.88. The summed E-state index contributed by atoms with van der Waals surface area (Å²) in [6.07, 6.45) is 3.37. The standard InChI is InChI=1S/C24H21NO3S.C6H6/c1-13-10-11-19(28-15-6-5-7-15)21-17(24(26)27)12-18(25-22(13)21)23-14(2)16-8-3-4-9-20(16)29-23;1-2-4-6-5-3-1/h3-4,8-12,15H,5-7H2,1-2H3,(H,26,27);1-6H. The number of pyridine rings is 1. The van der Waals surface area contributed by atoms with Crippen molar-refractivity contribution in [1.29, 1.82) is 0 Å². The molecule has 1 N–H and O–H groups in total. The van der Waals surface area contributed by atoms with E-state index in [9.17, 15) is 9.90 Å². The highest BCUT2D eigenvalue weighted by atomic mass is 32.1. The molecule has 1 aliphatic rings. The lowest BCUT2D eigenvalue weighted by atomic mass is 9.95. The molecule has 3 aromatic carbocycles. The van der Waals surface area contributed by atoms with Crippen molar-refractivity contribution in [2.45, 2.75) is 39.2 Å². The molecule has 5 heteroatoms. The lowest BCUT2D eigenvalue weighted by Crippen LogP contribution is -2.24. The fraction of sp³-hybridized carbons (Fsp3) is 0.200. The van der Waals surface area contributed by atoms with Crippen molar-refractivity contribution in [2.24, 2.45) is 0 Å². The number of nitrogens with zero attached hydrogens (tertiary/aromatic N) is 1. The smallest absolute Gasteiger partial charge is 0.336 e. The number of carboxylic acid groups (broad SMARTS) is 1. The van der Waals surface area contributed by atoms with E-state index in [4.69, 9.17) is 9.72 Å². The average molecular weight is 482 g/mol. The third kappa shape index (κ3) is 4.64. The molecule has 1 fully saturated rings. The van der Waals surface area contributed by atoms with Gasteiger partial charge in [-0.2, -0.15) is 0 Å². The van der Waals surface area contributed by atoms with Gasteiger partial charge in [0, 0.05) is 4.70 Å². The number of rotatable bonds is 4. The van der Waals surface area contributed by atoms with Gasteiger partial charge in [0.25, 0.3) is 0 Å². The first-order chi connectivity index (χ1) is 17.0. The van der Waals surface area contributed by atoms with Crippen LogP contribution in [0.2, 0.25) is 0 Å². The molecule has 5 aromatic rings. The molecule has 0 radical (unpaired) electrons. The predicted octanol–water partition coefficient (Wildman–Crippen LogP) is 8.05. The molecule has 1 aliphatic carbocycles. The van der Waals surface area contributed by atoms with E-state index in [2.05, 4.69) is 19.1 Å². The lowest BCUT2D eigenvalue weighted by molar-refractivity contribution is 0.0698. The molecule has 0 atom stereocenters. The summed E-state index contributed by atoms with van der Waals surface area (Å²) in [4.78, 5) is 18.1. The van der Waals surface area contributed by atoms with E-state index < -0.39 is 5.97 Å². The van der Waals surface area contributed by atoms with Crippen molar-refractivity contribution in [2.75, 3.05) is 0 Å². The second-order valence-corrected chi connectivity index (χ2v) is 9.89. The number of thiophene rings is 1. The Bertz CT molecular complexity index is 1480. The summed E-state index contributed by atoms with van der Waals surface area (Å²) < 4.78 is 7.30. The van der Waals surface area contributed by atoms with Crippen LogP contribution < -0.4 is 4.74 Å². The van der Waals surface area contributed by atoms with Crippen LogP contribution in [0.5, 0.6) is 5.75 Å². The van der Waals surface area contributed by atoms with E-state index in [1.54, 1.807) is 17.4 Å². The van der Waals surface area contributed by atoms with Gasteiger partial charge in [-0.05, 0) is 67.8 Å². The zero-order chi connectivity index (χ0) is 24.4. The Balaban J connectivity index is 0.000000371. The van der Waals surface area contributed by atoms with Crippen LogP contribution in [0.1, 0.15) is 40.7 Å². The summed E-state index contributed by atoms with van der Waals surface area (Å²) in [5, 5.41) is 11.8. The van der Waals surface area contributed by atoms with E-state index in [1.807, 2.05) is 67.6 Å². The molecule has 2 heterocycles. The first-order valence-electron chi connectivity index (χ1n) is 11.9. The number of benzene rings is 3. The maximum Gasteiger partial charge on any atom is 0.336 e. The second-order valence-electron chi connectivity index (χ2n) is 8.84. The lowest BCUT2D eigenvalue weighted by Gasteiger charge is -2.27. The van der Waals surface area contributed by atoms with Crippen molar-refractivity contribution in [3.8, 4) is 16.3 Å². The third-order valence-corrected chi connectivity index (χ3v) is 7.74. The van der Waals surface area contributed by atoms with E-state index in [0.717, 1.165) is 35.3 Å². The molecule has 0 aliphatic heterocycles. The average Bonchev–Trinajstić information content (AvgIpc) is 3.20. The first-order valence-corrected chi connectivity index (χ1v) is 12.7.